The molecule has 0 amide bonds. The molecule has 0 aromatic heterocycles. The lowest BCUT2D eigenvalue weighted by molar-refractivity contribution is 0.815. The number of nitrogens with two attached hydrogens (primary N) is 1. The Morgan fingerprint density at radius 1 is 1.00 bits per heavy atom. The molecule has 0 aliphatic carbocycles. The standard InChI is InChI=1S/C17H22N2/c1-12-9-10-16(13(2)11-12)19(4)17-8-6-5-7-15(17)14(3)18/h5-11,14H,18H2,1-4H3. The van der Waals surface area contributed by atoms with E-state index in [1.54, 1.807) is 0 Å². The van der Waals surface area contributed by atoms with Crippen LogP contribution in [0.3, 0.4) is 0 Å². The summed E-state index contributed by atoms with van der Waals surface area (Å²) in [6.45, 7) is 6.29. The topological polar surface area (TPSA) is 29.3 Å². The Kier molecular flexibility index (Phi) is 3.91. The first-order chi connectivity index (χ1) is 9.00. The third-order valence-electron chi connectivity index (χ3n) is 3.50. The summed E-state index contributed by atoms with van der Waals surface area (Å²) in [6.07, 6.45) is 0. The van der Waals surface area contributed by atoms with Crippen molar-refractivity contribution in [2.75, 3.05) is 11.9 Å². The molecule has 0 aliphatic rings. The van der Waals surface area contributed by atoms with Crippen LogP contribution in [0, 0.1) is 13.8 Å². The molecule has 1 atom stereocenters. The molecule has 2 aromatic carbocycles. The quantitative estimate of drug-likeness (QED) is 0.893. The number of hydrogen-bond donors (Lipinski definition) is 1. The number of benzene rings is 2. The first kappa shape index (κ1) is 13.6. The Balaban J connectivity index is 2.47. The Labute approximate surface area is 115 Å². The second-order valence-electron chi connectivity index (χ2n) is 5.20. The monoisotopic (exact) mass is 254 g/mol. The largest absolute Gasteiger partial charge is 0.344 e. The lowest BCUT2D eigenvalue weighted by atomic mass is 10.0. The normalized spacial score (nSPS) is 12.3. The van der Waals surface area contributed by atoms with Crippen LogP contribution < -0.4 is 10.6 Å². The molecule has 2 N–H and O–H groups in total. The summed E-state index contributed by atoms with van der Waals surface area (Å²) in [5, 5.41) is 0. The van der Waals surface area contributed by atoms with Crippen LogP contribution in [0.2, 0.25) is 0 Å². The maximum absolute atomic E-state index is 6.07. The van der Waals surface area contributed by atoms with Crippen molar-refractivity contribution in [3.63, 3.8) is 0 Å². The van der Waals surface area contributed by atoms with Gasteiger partial charge in [-0.05, 0) is 44.0 Å². The molecule has 2 heteroatoms. The van der Waals surface area contributed by atoms with E-state index in [-0.39, 0.29) is 6.04 Å². The van der Waals surface area contributed by atoms with E-state index in [1.165, 1.54) is 28.1 Å². The average Bonchev–Trinajstić information content (AvgIpc) is 2.38. The molecule has 0 bridgehead atoms. The Morgan fingerprint density at radius 3 is 2.32 bits per heavy atom. The number of para-hydroxylation sites is 1. The first-order valence-electron chi connectivity index (χ1n) is 6.66. The van der Waals surface area contributed by atoms with E-state index in [9.17, 15) is 0 Å². The molecule has 2 rings (SSSR count). The van der Waals surface area contributed by atoms with Gasteiger partial charge in [0, 0.05) is 24.5 Å². The third kappa shape index (κ3) is 2.79. The van der Waals surface area contributed by atoms with E-state index in [4.69, 9.17) is 5.73 Å². The maximum atomic E-state index is 6.07. The molecule has 1 unspecified atom stereocenters. The van der Waals surface area contributed by atoms with Crippen molar-refractivity contribution in [2.45, 2.75) is 26.8 Å². The number of aryl methyl sites for hydroxylation is 2. The van der Waals surface area contributed by atoms with Gasteiger partial charge in [0.2, 0.25) is 0 Å². The molecule has 0 saturated carbocycles. The van der Waals surface area contributed by atoms with Crippen LogP contribution in [0.5, 0.6) is 0 Å². The Hall–Kier alpha value is -1.80. The summed E-state index contributed by atoms with van der Waals surface area (Å²) in [6, 6.07) is 14.9. The molecule has 19 heavy (non-hydrogen) atoms. The minimum Gasteiger partial charge on any atom is -0.344 e. The zero-order valence-corrected chi connectivity index (χ0v) is 12.1. The average molecular weight is 254 g/mol. The van der Waals surface area contributed by atoms with Gasteiger partial charge in [0.05, 0.1) is 0 Å². The maximum Gasteiger partial charge on any atom is 0.0456 e. The molecule has 0 spiro atoms. The summed E-state index contributed by atoms with van der Waals surface area (Å²) >= 11 is 0. The van der Waals surface area contributed by atoms with Crippen molar-refractivity contribution >= 4 is 11.4 Å². The predicted octanol–water partition coefficient (Wildman–Crippen LogP) is 4.09. The van der Waals surface area contributed by atoms with E-state index in [1.807, 2.05) is 13.0 Å². The molecular formula is C17H22N2. The zero-order chi connectivity index (χ0) is 14.0. The number of anilines is 2. The van der Waals surface area contributed by atoms with Gasteiger partial charge in [-0.3, -0.25) is 0 Å². The van der Waals surface area contributed by atoms with Crippen molar-refractivity contribution in [1.82, 2.24) is 0 Å². The summed E-state index contributed by atoms with van der Waals surface area (Å²) in [7, 11) is 2.10. The highest BCUT2D eigenvalue weighted by molar-refractivity contribution is 5.69. The van der Waals surface area contributed by atoms with Gasteiger partial charge in [0.15, 0.2) is 0 Å². The van der Waals surface area contributed by atoms with Crippen LogP contribution in [0.4, 0.5) is 11.4 Å². The molecule has 0 radical (unpaired) electrons. The third-order valence-corrected chi connectivity index (χ3v) is 3.50. The lowest BCUT2D eigenvalue weighted by Gasteiger charge is -2.25. The molecule has 0 saturated heterocycles. The number of hydrogen-bond acceptors (Lipinski definition) is 2. The minimum atomic E-state index is 0.0319. The van der Waals surface area contributed by atoms with Gasteiger partial charge in [-0.15, -0.1) is 0 Å². The van der Waals surface area contributed by atoms with E-state index >= 15 is 0 Å². The van der Waals surface area contributed by atoms with Crippen LogP contribution in [0.25, 0.3) is 0 Å². The summed E-state index contributed by atoms with van der Waals surface area (Å²) < 4.78 is 0. The van der Waals surface area contributed by atoms with E-state index in [0.717, 1.165) is 0 Å². The number of rotatable bonds is 3. The van der Waals surface area contributed by atoms with Gasteiger partial charge < -0.3 is 10.6 Å². The van der Waals surface area contributed by atoms with Gasteiger partial charge in [0.1, 0.15) is 0 Å². The van der Waals surface area contributed by atoms with Crippen molar-refractivity contribution in [3.8, 4) is 0 Å². The van der Waals surface area contributed by atoms with E-state index < -0.39 is 0 Å². The SMILES string of the molecule is Cc1ccc(N(C)c2ccccc2C(C)N)c(C)c1. The second-order valence-corrected chi connectivity index (χ2v) is 5.20. The fraction of sp³-hybridized carbons (Fsp3) is 0.294. The van der Waals surface area contributed by atoms with Crippen LogP contribution >= 0.6 is 0 Å². The minimum absolute atomic E-state index is 0.0319. The van der Waals surface area contributed by atoms with Gasteiger partial charge in [0.25, 0.3) is 0 Å². The summed E-state index contributed by atoms with van der Waals surface area (Å²) in [5.74, 6) is 0. The molecule has 100 valence electrons. The summed E-state index contributed by atoms with van der Waals surface area (Å²) in [5.41, 5.74) is 12.2. The van der Waals surface area contributed by atoms with Crippen molar-refractivity contribution in [3.05, 3.63) is 59.2 Å². The van der Waals surface area contributed by atoms with Crippen LogP contribution in [0.1, 0.15) is 29.7 Å². The fourth-order valence-corrected chi connectivity index (χ4v) is 2.49. The molecule has 2 nitrogen and oxygen atoms in total. The molecule has 0 fully saturated rings. The highest BCUT2D eigenvalue weighted by atomic mass is 15.1. The van der Waals surface area contributed by atoms with Gasteiger partial charge in [-0.25, -0.2) is 0 Å². The van der Waals surface area contributed by atoms with Crippen molar-refractivity contribution in [2.24, 2.45) is 5.73 Å². The molecular weight excluding hydrogens is 232 g/mol. The van der Waals surface area contributed by atoms with Gasteiger partial charge in [-0.2, -0.15) is 0 Å². The first-order valence-corrected chi connectivity index (χ1v) is 6.66. The smallest absolute Gasteiger partial charge is 0.0456 e. The predicted molar refractivity (Wildman–Crippen MR) is 83.0 cm³/mol. The Bertz CT molecular complexity index is 573. The zero-order valence-electron chi connectivity index (χ0n) is 12.1. The highest BCUT2D eigenvalue weighted by Gasteiger charge is 2.12. The lowest BCUT2D eigenvalue weighted by Crippen LogP contribution is -2.16. The number of nitrogens with zero attached hydrogens (tertiary/aromatic N) is 1. The summed E-state index contributed by atoms with van der Waals surface area (Å²) in [4.78, 5) is 2.22. The molecule has 2 aromatic rings. The van der Waals surface area contributed by atoms with Gasteiger partial charge in [-0.1, -0.05) is 35.9 Å². The van der Waals surface area contributed by atoms with Crippen LogP contribution in [0.15, 0.2) is 42.5 Å². The van der Waals surface area contributed by atoms with Crippen LogP contribution in [-0.2, 0) is 0 Å². The molecule has 0 heterocycles. The Morgan fingerprint density at radius 2 is 1.68 bits per heavy atom. The second kappa shape index (κ2) is 5.45. The highest BCUT2D eigenvalue weighted by Crippen LogP contribution is 2.31. The van der Waals surface area contributed by atoms with Crippen LogP contribution in [-0.4, -0.2) is 7.05 Å². The van der Waals surface area contributed by atoms with Crippen molar-refractivity contribution in [1.29, 1.82) is 0 Å². The fourth-order valence-electron chi connectivity index (χ4n) is 2.49. The van der Waals surface area contributed by atoms with Gasteiger partial charge >= 0.3 is 0 Å². The van der Waals surface area contributed by atoms with Crippen molar-refractivity contribution < 1.29 is 0 Å². The van der Waals surface area contributed by atoms with E-state index in [2.05, 4.69) is 62.2 Å². The molecule has 0 aliphatic heterocycles. The van der Waals surface area contributed by atoms with E-state index in [0.29, 0.717) is 0 Å².